The molecule has 0 radical (unpaired) electrons. The van der Waals surface area contributed by atoms with E-state index in [9.17, 15) is 0 Å². The number of nitrogens with one attached hydrogen (secondary N) is 2. The minimum absolute atomic E-state index is 0.203. The van der Waals surface area contributed by atoms with E-state index in [-0.39, 0.29) is 5.37 Å². The van der Waals surface area contributed by atoms with Gasteiger partial charge in [0.25, 0.3) is 0 Å². The lowest BCUT2D eigenvalue weighted by molar-refractivity contribution is 0.454. The SMILES string of the molecule is CC1=NSC(Nc2nc(C3CCCNC3)cn3c(-c4cnn(C)c4)cnc23)C1. The average molecular weight is 397 g/mol. The molecule has 146 valence electrons. The molecule has 0 aliphatic carbocycles. The highest BCUT2D eigenvalue weighted by molar-refractivity contribution is 7.99. The molecule has 2 aliphatic rings. The van der Waals surface area contributed by atoms with E-state index in [1.54, 1.807) is 11.9 Å². The molecule has 28 heavy (non-hydrogen) atoms. The molecule has 5 heterocycles. The second kappa shape index (κ2) is 7.21. The van der Waals surface area contributed by atoms with E-state index in [2.05, 4.69) is 37.7 Å². The topological polar surface area (TPSA) is 84.4 Å². The van der Waals surface area contributed by atoms with Crippen molar-refractivity contribution in [3.63, 3.8) is 0 Å². The lowest BCUT2D eigenvalue weighted by Gasteiger charge is -2.23. The van der Waals surface area contributed by atoms with Gasteiger partial charge in [0.1, 0.15) is 5.37 Å². The number of anilines is 1. The summed E-state index contributed by atoms with van der Waals surface area (Å²) in [4.78, 5) is 9.70. The maximum absolute atomic E-state index is 5.01. The quantitative estimate of drug-likeness (QED) is 0.660. The molecule has 0 spiro atoms. The van der Waals surface area contributed by atoms with Gasteiger partial charge in [0, 0.05) is 49.6 Å². The average Bonchev–Trinajstić information content (AvgIpc) is 3.42. The molecule has 3 aromatic rings. The summed E-state index contributed by atoms with van der Waals surface area (Å²) in [5.41, 5.74) is 5.19. The van der Waals surface area contributed by atoms with Crippen LogP contribution in [-0.4, -0.2) is 48.3 Å². The first-order valence-corrected chi connectivity index (χ1v) is 10.5. The van der Waals surface area contributed by atoms with Crippen LogP contribution in [0.5, 0.6) is 0 Å². The van der Waals surface area contributed by atoms with E-state index in [0.29, 0.717) is 5.92 Å². The fourth-order valence-corrected chi connectivity index (χ4v) is 4.76. The van der Waals surface area contributed by atoms with Gasteiger partial charge in [-0.25, -0.2) is 14.4 Å². The molecule has 3 aromatic heterocycles. The number of fused-ring (bicyclic) bond motifs is 1. The van der Waals surface area contributed by atoms with Crippen molar-refractivity contribution in [1.29, 1.82) is 0 Å². The van der Waals surface area contributed by atoms with Crippen LogP contribution >= 0.6 is 11.9 Å². The van der Waals surface area contributed by atoms with Crippen molar-refractivity contribution in [2.45, 2.75) is 37.5 Å². The number of piperidine rings is 1. The predicted octanol–water partition coefficient (Wildman–Crippen LogP) is 2.85. The van der Waals surface area contributed by atoms with Gasteiger partial charge in [0.15, 0.2) is 11.5 Å². The van der Waals surface area contributed by atoms with E-state index < -0.39 is 0 Å². The lowest BCUT2D eigenvalue weighted by Crippen LogP contribution is -2.29. The van der Waals surface area contributed by atoms with Crippen LogP contribution in [0.3, 0.4) is 0 Å². The zero-order valence-electron chi connectivity index (χ0n) is 16.1. The van der Waals surface area contributed by atoms with Crippen LogP contribution in [0.25, 0.3) is 16.9 Å². The Morgan fingerprint density at radius 1 is 1.29 bits per heavy atom. The summed E-state index contributed by atoms with van der Waals surface area (Å²) < 4.78 is 8.43. The van der Waals surface area contributed by atoms with Crippen LogP contribution in [0.2, 0.25) is 0 Å². The van der Waals surface area contributed by atoms with Gasteiger partial charge < -0.3 is 10.6 Å². The monoisotopic (exact) mass is 396 g/mol. The lowest BCUT2D eigenvalue weighted by atomic mass is 9.96. The summed E-state index contributed by atoms with van der Waals surface area (Å²) in [5, 5.41) is 11.6. The molecule has 2 atom stereocenters. The minimum atomic E-state index is 0.203. The Balaban J connectivity index is 1.59. The maximum atomic E-state index is 5.01. The summed E-state index contributed by atoms with van der Waals surface area (Å²) in [6.07, 6.45) is 11.2. The molecule has 2 N–H and O–H groups in total. The van der Waals surface area contributed by atoms with Gasteiger partial charge in [0.05, 0.1) is 23.8 Å². The molecule has 5 rings (SSSR count). The van der Waals surface area contributed by atoms with E-state index in [1.807, 2.05) is 30.3 Å². The molecule has 1 fully saturated rings. The Morgan fingerprint density at radius 2 is 2.21 bits per heavy atom. The highest BCUT2D eigenvalue weighted by Crippen LogP contribution is 2.31. The third-order valence-electron chi connectivity index (χ3n) is 5.34. The molecule has 0 bridgehead atoms. The third kappa shape index (κ3) is 3.29. The maximum Gasteiger partial charge on any atom is 0.180 e. The molecule has 0 amide bonds. The molecule has 0 saturated carbocycles. The van der Waals surface area contributed by atoms with E-state index in [1.165, 1.54) is 6.42 Å². The van der Waals surface area contributed by atoms with Crippen LogP contribution in [0, 0.1) is 0 Å². The number of aromatic nitrogens is 5. The first-order chi connectivity index (χ1) is 13.7. The van der Waals surface area contributed by atoms with Crippen LogP contribution in [-0.2, 0) is 7.05 Å². The number of aryl methyl sites for hydroxylation is 1. The number of nitrogens with zero attached hydrogens (tertiary/aromatic N) is 6. The molecule has 2 unspecified atom stereocenters. The number of hydrogen-bond donors (Lipinski definition) is 2. The van der Waals surface area contributed by atoms with E-state index in [0.717, 1.165) is 60.1 Å². The summed E-state index contributed by atoms with van der Waals surface area (Å²) in [7, 11) is 1.93. The van der Waals surface area contributed by atoms with E-state index in [4.69, 9.17) is 9.97 Å². The molecule has 8 nitrogen and oxygen atoms in total. The van der Waals surface area contributed by atoms with Gasteiger partial charge in [0.2, 0.25) is 0 Å². The van der Waals surface area contributed by atoms with Crippen LogP contribution in [0.15, 0.2) is 29.2 Å². The van der Waals surface area contributed by atoms with Crippen molar-refractivity contribution in [2.24, 2.45) is 11.4 Å². The molecule has 0 aromatic carbocycles. The van der Waals surface area contributed by atoms with Gasteiger partial charge in [-0.15, -0.1) is 0 Å². The van der Waals surface area contributed by atoms with Crippen LogP contribution < -0.4 is 10.6 Å². The minimum Gasteiger partial charge on any atom is -0.353 e. The van der Waals surface area contributed by atoms with Crippen molar-refractivity contribution in [3.8, 4) is 11.3 Å². The normalized spacial score (nSPS) is 22.6. The summed E-state index contributed by atoms with van der Waals surface area (Å²) in [6.45, 7) is 4.12. The molecular weight excluding hydrogens is 372 g/mol. The largest absolute Gasteiger partial charge is 0.353 e. The van der Waals surface area contributed by atoms with E-state index >= 15 is 0 Å². The van der Waals surface area contributed by atoms with Crippen molar-refractivity contribution in [3.05, 3.63) is 30.5 Å². The fraction of sp³-hybridized carbons (Fsp3) is 0.474. The number of hydrogen-bond acceptors (Lipinski definition) is 7. The summed E-state index contributed by atoms with van der Waals surface area (Å²) in [6, 6.07) is 0. The Morgan fingerprint density at radius 3 is 2.93 bits per heavy atom. The smallest absolute Gasteiger partial charge is 0.180 e. The van der Waals surface area contributed by atoms with Crippen molar-refractivity contribution < 1.29 is 0 Å². The first kappa shape index (κ1) is 17.7. The van der Waals surface area contributed by atoms with Crippen LogP contribution in [0.1, 0.15) is 37.8 Å². The van der Waals surface area contributed by atoms with Crippen LogP contribution in [0.4, 0.5) is 5.82 Å². The highest BCUT2D eigenvalue weighted by Gasteiger charge is 2.23. The van der Waals surface area contributed by atoms with Gasteiger partial charge in [-0.3, -0.25) is 9.08 Å². The fourth-order valence-electron chi connectivity index (χ4n) is 3.90. The number of imidazole rings is 1. The molecule has 2 aliphatic heterocycles. The second-order valence-electron chi connectivity index (χ2n) is 7.57. The molecule has 9 heteroatoms. The van der Waals surface area contributed by atoms with Crippen molar-refractivity contribution in [2.75, 3.05) is 18.4 Å². The Kier molecular flexibility index (Phi) is 4.56. The third-order valence-corrected chi connectivity index (χ3v) is 6.30. The van der Waals surface area contributed by atoms with Crippen molar-refractivity contribution in [1.82, 2.24) is 29.5 Å². The zero-order chi connectivity index (χ0) is 19.1. The van der Waals surface area contributed by atoms with Gasteiger partial charge >= 0.3 is 0 Å². The van der Waals surface area contributed by atoms with Gasteiger partial charge in [-0.1, -0.05) is 0 Å². The Labute approximate surface area is 168 Å². The molecule has 1 saturated heterocycles. The van der Waals surface area contributed by atoms with Gasteiger partial charge in [-0.05, 0) is 38.3 Å². The summed E-state index contributed by atoms with van der Waals surface area (Å²) >= 11 is 1.58. The predicted molar refractivity (Wildman–Crippen MR) is 113 cm³/mol. The number of rotatable bonds is 4. The standard InChI is InChI=1S/C19H24N8S/c1-12-6-17(28-25-12)24-18-19-21-9-16(14-8-22-26(2)10-14)27(19)11-15(23-18)13-4-3-5-20-7-13/h8-11,13,17,20H,3-7H2,1-2H3,(H,23,24). The second-order valence-corrected chi connectivity index (χ2v) is 8.53. The van der Waals surface area contributed by atoms with Gasteiger partial charge in [-0.2, -0.15) is 5.10 Å². The molecular formula is C19H24N8S. The Bertz CT molecular complexity index is 1030. The zero-order valence-corrected chi connectivity index (χ0v) is 16.9. The highest BCUT2D eigenvalue weighted by atomic mass is 32.2. The Hall–Kier alpha value is -2.39. The first-order valence-electron chi connectivity index (χ1n) is 9.71. The van der Waals surface area contributed by atoms with Crippen molar-refractivity contribution >= 4 is 29.1 Å². The summed E-state index contributed by atoms with van der Waals surface area (Å²) in [5.74, 6) is 1.25.